The molecule has 0 bridgehead atoms. The number of benzene rings is 1. The highest BCUT2D eigenvalue weighted by Gasteiger charge is 2.09. The zero-order valence-electron chi connectivity index (χ0n) is 12.1. The Morgan fingerprint density at radius 2 is 2.05 bits per heavy atom. The van der Waals surface area contributed by atoms with Crippen LogP contribution in [0.5, 0.6) is 5.88 Å². The summed E-state index contributed by atoms with van der Waals surface area (Å²) in [6.45, 7) is 4.25. The summed E-state index contributed by atoms with van der Waals surface area (Å²) in [5.41, 5.74) is 7.21. The first kappa shape index (κ1) is 15.6. The van der Waals surface area contributed by atoms with Crippen molar-refractivity contribution >= 4 is 17.4 Å². The van der Waals surface area contributed by atoms with E-state index in [2.05, 4.69) is 18.8 Å². The lowest BCUT2D eigenvalue weighted by atomic mass is 10.0. The molecule has 0 aliphatic carbocycles. The number of aromatic nitrogens is 1. The van der Waals surface area contributed by atoms with E-state index in [1.165, 1.54) is 6.07 Å². The Balaban J connectivity index is 2.09. The molecule has 1 aromatic heterocycles. The van der Waals surface area contributed by atoms with E-state index in [1.807, 2.05) is 6.07 Å². The Hall–Kier alpha value is -1.81. The van der Waals surface area contributed by atoms with E-state index in [9.17, 15) is 4.39 Å². The summed E-state index contributed by atoms with van der Waals surface area (Å²) < 4.78 is 19.1. The first-order valence-electron chi connectivity index (χ1n) is 6.78. The molecule has 0 atom stereocenters. The topological polar surface area (TPSA) is 48.1 Å². The van der Waals surface area contributed by atoms with E-state index in [-0.39, 0.29) is 6.61 Å². The van der Waals surface area contributed by atoms with Gasteiger partial charge in [-0.3, -0.25) is 0 Å². The van der Waals surface area contributed by atoms with Crippen molar-refractivity contribution in [3.63, 3.8) is 0 Å². The molecule has 2 N–H and O–H groups in total. The van der Waals surface area contributed by atoms with E-state index >= 15 is 0 Å². The highest BCUT2D eigenvalue weighted by molar-refractivity contribution is 6.31. The average molecular weight is 309 g/mol. The molecule has 0 fully saturated rings. The normalized spacial score (nSPS) is 10.9. The van der Waals surface area contributed by atoms with Gasteiger partial charge in [-0.25, -0.2) is 4.39 Å². The molecule has 21 heavy (non-hydrogen) atoms. The van der Waals surface area contributed by atoms with E-state index in [1.54, 1.807) is 18.2 Å². The molecule has 0 aliphatic rings. The number of nitrogens with two attached hydrogens (primary N) is 1. The third-order valence-electron chi connectivity index (χ3n) is 3.04. The summed E-state index contributed by atoms with van der Waals surface area (Å²) >= 11 is 5.94. The zero-order valence-corrected chi connectivity index (χ0v) is 12.8. The summed E-state index contributed by atoms with van der Waals surface area (Å²) in [7, 11) is 0. The summed E-state index contributed by atoms with van der Waals surface area (Å²) in [4.78, 5) is 4.19. The molecule has 0 aliphatic heterocycles. The Morgan fingerprint density at radius 3 is 2.67 bits per heavy atom. The molecule has 0 spiro atoms. The van der Waals surface area contributed by atoms with Crippen molar-refractivity contribution in [1.82, 2.24) is 4.98 Å². The van der Waals surface area contributed by atoms with Gasteiger partial charge in [0.2, 0.25) is 5.88 Å². The van der Waals surface area contributed by atoms with Crippen LogP contribution in [0.4, 0.5) is 10.2 Å². The van der Waals surface area contributed by atoms with Gasteiger partial charge in [0.05, 0.1) is 5.02 Å². The van der Waals surface area contributed by atoms with Crippen molar-refractivity contribution in [1.29, 1.82) is 0 Å². The first-order chi connectivity index (χ1) is 9.97. The molecule has 112 valence electrons. The van der Waals surface area contributed by atoms with Crippen LogP contribution in [0.2, 0.25) is 5.02 Å². The maximum absolute atomic E-state index is 13.6. The predicted octanol–water partition coefficient (Wildman–Crippen LogP) is 4.23. The summed E-state index contributed by atoms with van der Waals surface area (Å²) in [6, 6.07) is 8.15. The minimum Gasteiger partial charge on any atom is -0.473 e. The Morgan fingerprint density at radius 1 is 1.29 bits per heavy atom. The lowest BCUT2D eigenvalue weighted by Gasteiger charge is -2.11. The van der Waals surface area contributed by atoms with E-state index in [0.717, 1.165) is 12.0 Å². The predicted molar refractivity (Wildman–Crippen MR) is 82.9 cm³/mol. The number of ether oxygens (including phenoxy) is 1. The van der Waals surface area contributed by atoms with Crippen LogP contribution in [0.3, 0.4) is 0 Å². The van der Waals surface area contributed by atoms with Gasteiger partial charge in [0.25, 0.3) is 0 Å². The van der Waals surface area contributed by atoms with Crippen molar-refractivity contribution in [3.8, 4) is 5.88 Å². The first-order valence-corrected chi connectivity index (χ1v) is 7.16. The SMILES string of the molecule is CC(C)Cc1ccc(OCc2c(F)cccc2Cl)nc1N. The minimum atomic E-state index is -0.396. The third kappa shape index (κ3) is 4.08. The quantitative estimate of drug-likeness (QED) is 0.899. The average Bonchev–Trinajstić information content (AvgIpc) is 2.41. The minimum absolute atomic E-state index is 0.0154. The fraction of sp³-hybridized carbons (Fsp3) is 0.312. The molecule has 0 saturated carbocycles. The zero-order chi connectivity index (χ0) is 15.4. The number of rotatable bonds is 5. The van der Waals surface area contributed by atoms with Gasteiger partial charge < -0.3 is 10.5 Å². The molecule has 1 heterocycles. The number of pyridine rings is 1. The highest BCUT2D eigenvalue weighted by Crippen LogP contribution is 2.22. The molecule has 0 amide bonds. The number of hydrogen-bond acceptors (Lipinski definition) is 3. The third-order valence-corrected chi connectivity index (χ3v) is 3.40. The fourth-order valence-corrected chi connectivity index (χ4v) is 2.21. The van der Waals surface area contributed by atoms with Crippen LogP contribution in [0, 0.1) is 11.7 Å². The second kappa shape index (κ2) is 6.76. The Labute approximate surface area is 128 Å². The van der Waals surface area contributed by atoms with Crippen LogP contribution >= 0.6 is 11.6 Å². The van der Waals surface area contributed by atoms with Crippen LogP contribution in [0.25, 0.3) is 0 Å². The van der Waals surface area contributed by atoms with Gasteiger partial charge >= 0.3 is 0 Å². The second-order valence-electron chi connectivity index (χ2n) is 5.28. The maximum Gasteiger partial charge on any atom is 0.215 e. The van der Waals surface area contributed by atoms with Crippen LogP contribution < -0.4 is 10.5 Å². The molecule has 0 radical (unpaired) electrons. The molecule has 2 rings (SSSR count). The number of anilines is 1. The number of nitrogen functional groups attached to an aromatic ring is 1. The summed E-state index contributed by atoms with van der Waals surface area (Å²) in [6.07, 6.45) is 0.859. The largest absolute Gasteiger partial charge is 0.473 e. The van der Waals surface area contributed by atoms with Crippen LogP contribution in [0.15, 0.2) is 30.3 Å². The van der Waals surface area contributed by atoms with Crippen molar-refractivity contribution in [2.24, 2.45) is 5.92 Å². The Bertz CT molecular complexity index is 611. The van der Waals surface area contributed by atoms with Gasteiger partial charge in [-0.15, -0.1) is 0 Å². The van der Waals surface area contributed by atoms with E-state index < -0.39 is 5.82 Å². The number of halogens is 2. The molecule has 2 aromatic rings. The molecular formula is C16H18ClFN2O. The molecule has 0 unspecified atom stereocenters. The summed E-state index contributed by atoms with van der Waals surface area (Å²) in [5.74, 6) is 0.908. The van der Waals surface area contributed by atoms with Gasteiger partial charge in [-0.1, -0.05) is 31.5 Å². The molecular weight excluding hydrogens is 291 g/mol. The van der Waals surface area contributed by atoms with Gasteiger partial charge in [-0.05, 0) is 36.1 Å². The second-order valence-corrected chi connectivity index (χ2v) is 5.69. The standard InChI is InChI=1S/C16H18ClFN2O/c1-10(2)8-11-6-7-15(20-16(11)19)21-9-12-13(17)4-3-5-14(12)18/h3-7,10H,8-9H2,1-2H3,(H2,19,20). The maximum atomic E-state index is 13.6. The fourth-order valence-electron chi connectivity index (χ4n) is 1.99. The van der Waals surface area contributed by atoms with Crippen molar-refractivity contribution in [2.45, 2.75) is 26.9 Å². The molecule has 1 aromatic carbocycles. The van der Waals surface area contributed by atoms with Crippen LogP contribution in [-0.4, -0.2) is 4.98 Å². The van der Waals surface area contributed by atoms with Crippen molar-refractivity contribution in [2.75, 3.05) is 5.73 Å². The Kier molecular flexibility index (Phi) is 5.02. The van der Waals surface area contributed by atoms with Crippen molar-refractivity contribution in [3.05, 3.63) is 52.3 Å². The van der Waals surface area contributed by atoms with Gasteiger partial charge in [-0.2, -0.15) is 4.98 Å². The van der Waals surface area contributed by atoms with Gasteiger partial charge in [0.15, 0.2) is 0 Å². The van der Waals surface area contributed by atoms with Gasteiger partial charge in [0, 0.05) is 11.6 Å². The smallest absolute Gasteiger partial charge is 0.215 e. The monoisotopic (exact) mass is 308 g/mol. The molecule has 3 nitrogen and oxygen atoms in total. The molecule has 5 heteroatoms. The van der Waals surface area contributed by atoms with E-state index in [0.29, 0.717) is 28.2 Å². The highest BCUT2D eigenvalue weighted by atomic mass is 35.5. The van der Waals surface area contributed by atoms with E-state index in [4.69, 9.17) is 22.1 Å². The lowest BCUT2D eigenvalue weighted by Crippen LogP contribution is -2.05. The van der Waals surface area contributed by atoms with Gasteiger partial charge in [0.1, 0.15) is 18.2 Å². The van der Waals surface area contributed by atoms with Crippen LogP contribution in [-0.2, 0) is 13.0 Å². The lowest BCUT2D eigenvalue weighted by molar-refractivity contribution is 0.288. The van der Waals surface area contributed by atoms with Crippen LogP contribution in [0.1, 0.15) is 25.0 Å². The molecule has 0 saturated heterocycles. The number of hydrogen-bond donors (Lipinski definition) is 1. The summed E-state index contributed by atoms with van der Waals surface area (Å²) in [5, 5.41) is 0.333. The van der Waals surface area contributed by atoms with Crippen molar-refractivity contribution < 1.29 is 9.13 Å². The number of nitrogens with zero attached hydrogens (tertiary/aromatic N) is 1.